The number of alkyl halides is 3. The van der Waals surface area contributed by atoms with Crippen LogP contribution in [0.1, 0.15) is 65.7 Å². The molecule has 19 heavy (non-hydrogen) atoms. The van der Waals surface area contributed by atoms with Crippen LogP contribution in [0, 0.1) is 29.1 Å². The highest BCUT2D eigenvalue weighted by atomic mass is 19.4. The van der Waals surface area contributed by atoms with Crippen LogP contribution in [-0.4, -0.2) is 6.18 Å². The Bertz CT molecular complexity index is 302. The zero-order chi connectivity index (χ0) is 14.3. The minimum atomic E-state index is -4.05. The second-order valence-electron chi connectivity index (χ2n) is 7.38. The molecule has 2 fully saturated rings. The van der Waals surface area contributed by atoms with Crippen LogP contribution >= 0.6 is 0 Å². The molecule has 0 nitrogen and oxygen atoms in total. The SMILES string of the molecule is CC1CCC(C2CCC(C)C(C)(C(F)(F)F)C2)CC1. The van der Waals surface area contributed by atoms with E-state index < -0.39 is 11.6 Å². The lowest BCUT2D eigenvalue weighted by Crippen LogP contribution is -2.46. The van der Waals surface area contributed by atoms with Gasteiger partial charge in [0.1, 0.15) is 0 Å². The summed E-state index contributed by atoms with van der Waals surface area (Å²) in [4.78, 5) is 0. The van der Waals surface area contributed by atoms with Gasteiger partial charge in [0.2, 0.25) is 0 Å². The largest absolute Gasteiger partial charge is 0.394 e. The molecule has 0 saturated heterocycles. The van der Waals surface area contributed by atoms with E-state index in [2.05, 4.69) is 6.92 Å². The molecule has 0 amide bonds. The first-order valence-electron chi connectivity index (χ1n) is 7.80. The van der Waals surface area contributed by atoms with Crippen molar-refractivity contribution in [3.63, 3.8) is 0 Å². The second kappa shape index (κ2) is 5.29. The summed E-state index contributed by atoms with van der Waals surface area (Å²) in [5.74, 6) is 1.39. The molecule has 0 N–H and O–H groups in total. The van der Waals surface area contributed by atoms with Gasteiger partial charge in [-0.15, -0.1) is 0 Å². The summed E-state index contributed by atoms with van der Waals surface area (Å²) in [7, 11) is 0. The predicted molar refractivity (Wildman–Crippen MR) is 71.8 cm³/mol. The van der Waals surface area contributed by atoms with Crippen LogP contribution in [-0.2, 0) is 0 Å². The topological polar surface area (TPSA) is 0 Å². The Morgan fingerprint density at radius 3 is 1.89 bits per heavy atom. The Morgan fingerprint density at radius 1 is 0.842 bits per heavy atom. The molecule has 0 bridgehead atoms. The maximum absolute atomic E-state index is 13.4. The zero-order valence-electron chi connectivity index (χ0n) is 12.4. The van der Waals surface area contributed by atoms with Crippen molar-refractivity contribution in [2.45, 2.75) is 71.9 Å². The van der Waals surface area contributed by atoms with Crippen molar-refractivity contribution >= 4 is 0 Å². The van der Waals surface area contributed by atoms with Crippen LogP contribution in [0.15, 0.2) is 0 Å². The summed E-state index contributed by atoms with van der Waals surface area (Å²) in [6, 6.07) is 0. The van der Waals surface area contributed by atoms with Gasteiger partial charge in [-0.1, -0.05) is 33.6 Å². The summed E-state index contributed by atoms with van der Waals surface area (Å²) < 4.78 is 40.1. The van der Waals surface area contributed by atoms with E-state index in [1.54, 1.807) is 6.92 Å². The third kappa shape index (κ3) is 2.95. The number of halogens is 3. The van der Waals surface area contributed by atoms with Gasteiger partial charge in [0.05, 0.1) is 5.41 Å². The molecule has 2 saturated carbocycles. The van der Waals surface area contributed by atoms with Gasteiger partial charge in [-0.2, -0.15) is 13.2 Å². The lowest BCUT2D eigenvalue weighted by Gasteiger charge is -2.47. The summed E-state index contributed by atoms with van der Waals surface area (Å²) in [5.41, 5.74) is -1.46. The Labute approximate surface area is 115 Å². The molecule has 0 aliphatic heterocycles. The van der Waals surface area contributed by atoms with Gasteiger partial charge in [-0.05, 0) is 55.8 Å². The molecule has 0 radical (unpaired) electrons. The highest BCUT2D eigenvalue weighted by Gasteiger charge is 2.57. The fourth-order valence-electron chi connectivity index (χ4n) is 4.19. The van der Waals surface area contributed by atoms with Crippen molar-refractivity contribution in [3.05, 3.63) is 0 Å². The van der Waals surface area contributed by atoms with Gasteiger partial charge in [-0.25, -0.2) is 0 Å². The average molecular weight is 276 g/mol. The maximum Gasteiger partial charge on any atom is 0.394 e. The minimum absolute atomic E-state index is 0.230. The quantitative estimate of drug-likeness (QED) is 0.566. The number of hydrogen-bond donors (Lipinski definition) is 0. The van der Waals surface area contributed by atoms with Gasteiger partial charge >= 0.3 is 6.18 Å². The van der Waals surface area contributed by atoms with E-state index in [4.69, 9.17) is 0 Å². The molecule has 112 valence electrons. The predicted octanol–water partition coefficient (Wildman–Crippen LogP) is 5.82. The van der Waals surface area contributed by atoms with Crippen molar-refractivity contribution in [2.24, 2.45) is 29.1 Å². The first-order valence-corrected chi connectivity index (χ1v) is 7.80. The third-order valence-corrected chi connectivity index (χ3v) is 6.12. The van der Waals surface area contributed by atoms with E-state index in [-0.39, 0.29) is 5.92 Å². The molecule has 3 atom stereocenters. The summed E-state index contributed by atoms with van der Waals surface area (Å²) >= 11 is 0. The summed E-state index contributed by atoms with van der Waals surface area (Å²) in [6.45, 7) is 5.50. The summed E-state index contributed by atoms with van der Waals surface area (Å²) in [5, 5.41) is 0. The summed E-state index contributed by atoms with van der Waals surface area (Å²) in [6.07, 6.45) is 2.77. The minimum Gasteiger partial charge on any atom is -0.171 e. The molecule has 3 unspecified atom stereocenters. The van der Waals surface area contributed by atoms with E-state index in [0.717, 1.165) is 31.6 Å². The highest BCUT2D eigenvalue weighted by molar-refractivity contribution is 4.95. The Hall–Kier alpha value is -0.210. The van der Waals surface area contributed by atoms with Crippen LogP contribution in [0.4, 0.5) is 13.2 Å². The average Bonchev–Trinajstić information content (AvgIpc) is 2.32. The molecular formula is C16H27F3. The van der Waals surface area contributed by atoms with E-state index in [9.17, 15) is 13.2 Å². The van der Waals surface area contributed by atoms with E-state index in [1.807, 2.05) is 0 Å². The zero-order valence-corrected chi connectivity index (χ0v) is 12.4. The molecule has 0 heterocycles. The second-order valence-corrected chi connectivity index (χ2v) is 7.38. The van der Waals surface area contributed by atoms with Gasteiger partial charge in [0.15, 0.2) is 0 Å². The van der Waals surface area contributed by atoms with Crippen LogP contribution in [0.2, 0.25) is 0 Å². The van der Waals surface area contributed by atoms with Crippen molar-refractivity contribution in [3.8, 4) is 0 Å². The highest BCUT2D eigenvalue weighted by Crippen LogP contribution is 2.55. The lowest BCUT2D eigenvalue weighted by molar-refractivity contribution is -0.250. The number of rotatable bonds is 1. The monoisotopic (exact) mass is 276 g/mol. The van der Waals surface area contributed by atoms with Crippen LogP contribution in [0.25, 0.3) is 0 Å². The standard InChI is InChI=1S/C16H27F3/c1-11-4-7-13(8-5-11)14-9-6-12(2)15(3,10-14)16(17,18)19/h11-14H,4-10H2,1-3H3. The van der Waals surface area contributed by atoms with Crippen LogP contribution < -0.4 is 0 Å². The fourth-order valence-corrected chi connectivity index (χ4v) is 4.19. The Morgan fingerprint density at radius 2 is 1.37 bits per heavy atom. The Kier molecular flexibility index (Phi) is 4.23. The molecule has 0 aromatic heterocycles. The smallest absolute Gasteiger partial charge is 0.171 e. The normalized spacial score (nSPS) is 45.2. The van der Waals surface area contributed by atoms with Gasteiger partial charge < -0.3 is 0 Å². The van der Waals surface area contributed by atoms with Crippen molar-refractivity contribution in [1.29, 1.82) is 0 Å². The van der Waals surface area contributed by atoms with Crippen LogP contribution in [0.3, 0.4) is 0 Å². The first-order chi connectivity index (χ1) is 8.74. The van der Waals surface area contributed by atoms with Crippen LogP contribution in [0.5, 0.6) is 0 Å². The van der Waals surface area contributed by atoms with Gasteiger partial charge in [0.25, 0.3) is 0 Å². The molecule has 2 aliphatic carbocycles. The molecule has 0 aromatic rings. The van der Waals surface area contributed by atoms with E-state index in [0.29, 0.717) is 18.3 Å². The van der Waals surface area contributed by atoms with Crippen molar-refractivity contribution in [2.75, 3.05) is 0 Å². The lowest BCUT2D eigenvalue weighted by atomic mass is 9.60. The third-order valence-electron chi connectivity index (χ3n) is 6.12. The van der Waals surface area contributed by atoms with Gasteiger partial charge in [-0.3, -0.25) is 0 Å². The maximum atomic E-state index is 13.4. The fraction of sp³-hybridized carbons (Fsp3) is 1.00. The van der Waals surface area contributed by atoms with Crippen molar-refractivity contribution < 1.29 is 13.2 Å². The molecule has 0 aromatic carbocycles. The van der Waals surface area contributed by atoms with Crippen molar-refractivity contribution in [1.82, 2.24) is 0 Å². The van der Waals surface area contributed by atoms with E-state index >= 15 is 0 Å². The molecule has 3 heteroatoms. The Balaban J connectivity index is 2.05. The molecule has 0 spiro atoms. The van der Waals surface area contributed by atoms with Gasteiger partial charge in [0, 0.05) is 0 Å². The molecule has 2 aliphatic rings. The van der Waals surface area contributed by atoms with E-state index in [1.165, 1.54) is 19.8 Å². The first kappa shape index (κ1) is 15.2. The molecule has 2 rings (SSSR count). The molecular weight excluding hydrogens is 249 g/mol. The number of hydrogen-bond acceptors (Lipinski definition) is 0.